The van der Waals surface area contributed by atoms with E-state index in [4.69, 9.17) is 4.52 Å². The highest BCUT2D eigenvalue weighted by molar-refractivity contribution is 5.76. The number of hydrogen-bond acceptors (Lipinski definition) is 8. The largest absolute Gasteiger partial charge is 0.340 e. The molecule has 1 aliphatic rings. The summed E-state index contributed by atoms with van der Waals surface area (Å²) in [4.78, 5) is 30.2. The van der Waals surface area contributed by atoms with Crippen molar-refractivity contribution in [3.8, 4) is 11.4 Å². The number of benzene rings is 1. The number of piperazine rings is 1. The summed E-state index contributed by atoms with van der Waals surface area (Å²) in [6.45, 7) is 9.53. The molecule has 0 aliphatic carbocycles. The van der Waals surface area contributed by atoms with Gasteiger partial charge in [0.15, 0.2) is 0 Å². The van der Waals surface area contributed by atoms with E-state index in [1.807, 2.05) is 49.9 Å². The van der Waals surface area contributed by atoms with Gasteiger partial charge >= 0.3 is 0 Å². The zero-order valence-corrected chi connectivity index (χ0v) is 19.7. The molecule has 0 N–H and O–H groups in total. The Morgan fingerprint density at radius 2 is 1.79 bits per heavy atom. The number of fused-ring (bicyclic) bond motifs is 1. The average Bonchev–Trinajstić information content (AvgIpc) is 3.49. The van der Waals surface area contributed by atoms with Gasteiger partial charge in [0.05, 0.1) is 6.54 Å². The highest BCUT2D eigenvalue weighted by Gasteiger charge is 2.23. The summed E-state index contributed by atoms with van der Waals surface area (Å²) >= 11 is 0. The molecule has 0 atom stereocenters. The lowest BCUT2D eigenvalue weighted by Crippen LogP contribution is -2.48. The third kappa shape index (κ3) is 4.54. The van der Waals surface area contributed by atoms with Crippen molar-refractivity contribution in [1.82, 2.24) is 39.5 Å². The van der Waals surface area contributed by atoms with Gasteiger partial charge < -0.3 is 9.42 Å². The van der Waals surface area contributed by atoms with Crippen molar-refractivity contribution in [2.45, 2.75) is 40.2 Å². The molecule has 0 unspecified atom stereocenters. The Kier molecular flexibility index (Phi) is 6.06. The van der Waals surface area contributed by atoms with Gasteiger partial charge in [-0.1, -0.05) is 35.0 Å². The lowest BCUT2D eigenvalue weighted by atomic mass is 10.1. The van der Waals surface area contributed by atoms with Crippen molar-refractivity contribution in [2.75, 3.05) is 26.2 Å². The first-order valence-corrected chi connectivity index (χ1v) is 11.5. The molecule has 4 aromatic rings. The molecule has 5 rings (SSSR count). The molecular weight excluding hydrogens is 432 g/mol. The molecule has 0 bridgehead atoms. The maximum atomic E-state index is 12.9. The maximum absolute atomic E-state index is 12.9. The summed E-state index contributed by atoms with van der Waals surface area (Å²) in [7, 11) is 0. The first-order chi connectivity index (χ1) is 16.5. The zero-order chi connectivity index (χ0) is 23.7. The minimum atomic E-state index is 0.164. The van der Waals surface area contributed by atoms with E-state index >= 15 is 0 Å². The SMILES string of the molecule is Cc1ccc(-c2noc(CN3CCN(C(=O)CCc4c(C)nc5ncnn5c4C)CC3)n2)cc1. The van der Waals surface area contributed by atoms with Crippen LogP contribution in [0.15, 0.2) is 35.1 Å². The fourth-order valence-corrected chi connectivity index (χ4v) is 4.39. The van der Waals surface area contributed by atoms with E-state index in [1.165, 1.54) is 11.9 Å². The highest BCUT2D eigenvalue weighted by atomic mass is 16.5. The van der Waals surface area contributed by atoms with Gasteiger partial charge in [0.25, 0.3) is 5.78 Å². The summed E-state index contributed by atoms with van der Waals surface area (Å²) < 4.78 is 7.19. The molecule has 1 fully saturated rings. The van der Waals surface area contributed by atoms with Gasteiger partial charge in [0, 0.05) is 49.6 Å². The van der Waals surface area contributed by atoms with Crippen LogP contribution in [0.4, 0.5) is 0 Å². The van der Waals surface area contributed by atoms with E-state index in [-0.39, 0.29) is 5.91 Å². The van der Waals surface area contributed by atoms with Crippen molar-refractivity contribution in [2.24, 2.45) is 0 Å². The molecule has 34 heavy (non-hydrogen) atoms. The Morgan fingerprint density at radius 3 is 2.56 bits per heavy atom. The molecule has 1 saturated heterocycles. The molecule has 176 valence electrons. The Balaban J connectivity index is 1.13. The number of hydrogen-bond donors (Lipinski definition) is 0. The van der Waals surface area contributed by atoms with Crippen LogP contribution in [-0.2, 0) is 17.8 Å². The van der Waals surface area contributed by atoms with Crippen LogP contribution in [0.2, 0.25) is 0 Å². The van der Waals surface area contributed by atoms with Gasteiger partial charge in [-0.25, -0.2) is 9.50 Å². The minimum Gasteiger partial charge on any atom is -0.340 e. The number of aromatic nitrogens is 6. The normalized spacial score (nSPS) is 14.7. The maximum Gasteiger partial charge on any atom is 0.252 e. The van der Waals surface area contributed by atoms with Gasteiger partial charge in [0.2, 0.25) is 17.6 Å². The molecule has 1 aromatic carbocycles. The van der Waals surface area contributed by atoms with Crippen LogP contribution < -0.4 is 0 Å². The van der Waals surface area contributed by atoms with Crippen LogP contribution in [0.1, 0.15) is 34.8 Å². The quantitative estimate of drug-likeness (QED) is 0.432. The van der Waals surface area contributed by atoms with Gasteiger partial charge in [0.1, 0.15) is 6.33 Å². The van der Waals surface area contributed by atoms with E-state index in [0.29, 0.717) is 50.0 Å². The smallest absolute Gasteiger partial charge is 0.252 e. The molecule has 0 saturated carbocycles. The third-order valence-electron chi connectivity index (χ3n) is 6.44. The summed E-state index contributed by atoms with van der Waals surface area (Å²) in [5, 5.41) is 8.34. The van der Waals surface area contributed by atoms with Crippen molar-refractivity contribution in [1.29, 1.82) is 0 Å². The van der Waals surface area contributed by atoms with E-state index in [2.05, 4.69) is 30.1 Å². The number of rotatable bonds is 6. The average molecular weight is 461 g/mol. The van der Waals surface area contributed by atoms with Crippen molar-refractivity contribution < 1.29 is 9.32 Å². The molecule has 0 radical (unpaired) electrons. The molecule has 0 spiro atoms. The lowest BCUT2D eigenvalue weighted by Gasteiger charge is -2.34. The van der Waals surface area contributed by atoms with Crippen LogP contribution in [0.5, 0.6) is 0 Å². The Morgan fingerprint density at radius 1 is 1.03 bits per heavy atom. The lowest BCUT2D eigenvalue weighted by molar-refractivity contribution is -0.133. The molecule has 1 amide bonds. The van der Waals surface area contributed by atoms with Crippen LogP contribution >= 0.6 is 0 Å². The van der Waals surface area contributed by atoms with Crippen LogP contribution in [0.25, 0.3) is 17.2 Å². The fraction of sp³-hybridized carbons (Fsp3) is 0.417. The number of aryl methyl sites for hydroxylation is 3. The number of carbonyl (C=O) groups is 1. The topological polar surface area (TPSA) is 106 Å². The Hall–Kier alpha value is -3.66. The standard InChI is InChI=1S/C24H28N8O2/c1-16-4-6-19(7-5-16)23-28-21(34-29-23)14-30-10-12-31(13-11-30)22(33)9-8-20-17(2)27-24-25-15-26-32(24)18(20)3/h4-7,15H,8-14H2,1-3H3. The Labute approximate surface area is 197 Å². The van der Waals surface area contributed by atoms with Gasteiger partial charge in [-0.3, -0.25) is 9.69 Å². The predicted molar refractivity (Wildman–Crippen MR) is 125 cm³/mol. The molecule has 10 heteroatoms. The molecule has 10 nitrogen and oxygen atoms in total. The summed E-state index contributed by atoms with van der Waals surface area (Å²) in [6, 6.07) is 8.07. The first kappa shape index (κ1) is 22.1. The third-order valence-corrected chi connectivity index (χ3v) is 6.44. The monoisotopic (exact) mass is 460 g/mol. The molecule has 1 aliphatic heterocycles. The van der Waals surface area contributed by atoms with Crippen molar-refractivity contribution >= 4 is 11.7 Å². The van der Waals surface area contributed by atoms with Gasteiger partial charge in [-0.15, -0.1) is 0 Å². The van der Waals surface area contributed by atoms with Crippen LogP contribution in [0, 0.1) is 20.8 Å². The van der Waals surface area contributed by atoms with Crippen molar-refractivity contribution in [3.05, 3.63) is 59.0 Å². The summed E-state index contributed by atoms with van der Waals surface area (Å²) in [5.41, 5.74) is 5.09. The van der Waals surface area contributed by atoms with Crippen LogP contribution in [0.3, 0.4) is 0 Å². The van der Waals surface area contributed by atoms with E-state index < -0.39 is 0 Å². The molecule has 4 heterocycles. The number of nitrogens with zero attached hydrogens (tertiary/aromatic N) is 8. The second-order valence-electron chi connectivity index (χ2n) is 8.77. The zero-order valence-electron chi connectivity index (χ0n) is 19.7. The van der Waals surface area contributed by atoms with E-state index in [1.54, 1.807) is 4.52 Å². The summed E-state index contributed by atoms with van der Waals surface area (Å²) in [6.07, 6.45) is 2.59. The summed E-state index contributed by atoms with van der Waals surface area (Å²) in [5.74, 6) is 1.95. The van der Waals surface area contributed by atoms with Gasteiger partial charge in [-0.2, -0.15) is 15.1 Å². The fourth-order valence-electron chi connectivity index (χ4n) is 4.39. The van der Waals surface area contributed by atoms with Gasteiger partial charge in [-0.05, 0) is 32.8 Å². The minimum absolute atomic E-state index is 0.164. The predicted octanol–water partition coefficient (Wildman–Crippen LogP) is 2.38. The second-order valence-corrected chi connectivity index (χ2v) is 8.77. The van der Waals surface area contributed by atoms with E-state index in [9.17, 15) is 4.79 Å². The second kappa shape index (κ2) is 9.30. The Bertz CT molecular complexity index is 1300. The first-order valence-electron chi connectivity index (χ1n) is 11.5. The van der Waals surface area contributed by atoms with Crippen molar-refractivity contribution in [3.63, 3.8) is 0 Å². The number of carbonyl (C=O) groups excluding carboxylic acids is 1. The number of amides is 1. The van der Waals surface area contributed by atoms with E-state index in [0.717, 1.165) is 35.6 Å². The molecular formula is C24H28N8O2. The molecule has 3 aromatic heterocycles. The highest BCUT2D eigenvalue weighted by Crippen LogP contribution is 2.18. The van der Waals surface area contributed by atoms with Crippen LogP contribution in [-0.4, -0.2) is 71.6 Å².